The Kier molecular flexibility index (Phi) is 8.69. The van der Waals surface area contributed by atoms with E-state index in [4.69, 9.17) is 4.74 Å². The molecule has 0 aliphatic carbocycles. The Bertz CT molecular complexity index is 244. The highest BCUT2D eigenvalue weighted by atomic mass is 16.5. The fourth-order valence-electron chi connectivity index (χ4n) is 2.95. The summed E-state index contributed by atoms with van der Waals surface area (Å²) in [5.74, 6) is 1.35. The summed E-state index contributed by atoms with van der Waals surface area (Å²) in [5, 5.41) is 3.64. The van der Waals surface area contributed by atoms with E-state index in [2.05, 4.69) is 50.0 Å². The third-order valence-corrected chi connectivity index (χ3v) is 3.92. The third kappa shape index (κ3) is 7.02. The van der Waals surface area contributed by atoms with Gasteiger partial charge in [0.2, 0.25) is 0 Å². The van der Waals surface area contributed by atoms with Crippen molar-refractivity contribution >= 4 is 0 Å². The van der Waals surface area contributed by atoms with Gasteiger partial charge in [-0.1, -0.05) is 20.8 Å². The Hall–Kier alpha value is -0.160. The average molecular weight is 285 g/mol. The van der Waals surface area contributed by atoms with Crippen LogP contribution in [0.2, 0.25) is 0 Å². The molecule has 1 aliphatic heterocycles. The summed E-state index contributed by atoms with van der Waals surface area (Å²) < 4.78 is 5.71. The molecule has 0 saturated carbocycles. The highest BCUT2D eigenvalue weighted by molar-refractivity contribution is 4.82. The maximum atomic E-state index is 5.71. The molecule has 1 saturated heterocycles. The van der Waals surface area contributed by atoms with Crippen LogP contribution in [0.15, 0.2) is 0 Å². The zero-order valence-corrected chi connectivity index (χ0v) is 14.2. The summed E-state index contributed by atoms with van der Waals surface area (Å²) in [4.78, 5) is 4.89. The van der Waals surface area contributed by atoms with Crippen LogP contribution in [0.1, 0.15) is 27.2 Å². The van der Waals surface area contributed by atoms with Gasteiger partial charge in [-0.05, 0) is 33.0 Å². The number of rotatable bonds is 9. The van der Waals surface area contributed by atoms with Gasteiger partial charge in [0.25, 0.3) is 0 Å². The second-order valence-corrected chi connectivity index (χ2v) is 6.74. The minimum Gasteiger partial charge on any atom is -0.381 e. The number of nitrogens with one attached hydrogen (secondary N) is 1. The number of ether oxygens (including phenoxy) is 1. The van der Waals surface area contributed by atoms with Gasteiger partial charge < -0.3 is 19.9 Å². The fourth-order valence-corrected chi connectivity index (χ4v) is 2.95. The summed E-state index contributed by atoms with van der Waals surface area (Å²) in [6, 6.07) is 0.628. The van der Waals surface area contributed by atoms with Gasteiger partial charge in [0, 0.05) is 44.7 Å². The van der Waals surface area contributed by atoms with Gasteiger partial charge in [-0.3, -0.25) is 0 Å². The van der Waals surface area contributed by atoms with Gasteiger partial charge in [-0.25, -0.2) is 0 Å². The Morgan fingerprint density at radius 1 is 1.25 bits per heavy atom. The minimum atomic E-state index is 0.628. The SMILES string of the molecule is CCNC1CCOCC1CN(CCN(C)C)CC(C)C. The first kappa shape index (κ1) is 17.9. The van der Waals surface area contributed by atoms with Gasteiger partial charge in [0.15, 0.2) is 0 Å². The summed E-state index contributed by atoms with van der Waals surface area (Å²) in [5.41, 5.74) is 0. The van der Waals surface area contributed by atoms with Crippen LogP contribution < -0.4 is 5.32 Å². The van der Waals surface area contributed by atoms with Crippen molar-refractivity contribution in [3.63, 3.8) is 0 Å². The Morgan fingerprint density at radius 2 is 2.00 bits per heavy atom. The highest BCUT2D eigenvalue weighted by Crippen LogP contribution is 2.17. The molecule has 0 aromatic rings. The van der Waals surface area contributed by atoms with E-state index < -0.39 is 0 Å². The molecule has 4 heteroatoms. The lowest BCUT2D eigenvalue weighted by Gasteiger charge is -2.36. The van der Waals surface area contributed by atoms with Gasteiger partial charge in [0.05, 0.1) is 6.61 Å². The lowest BCUT2D eigenvalue weighted by Crippen LogP contribution is -2.49. The molecule has 0 radical (unpaired) electrons. The van der Waals surface area contributed by atoms with Crippen molar-refractivity contribution < 1.29 is 4.74 Å². The van der Waals surface area contributed by atoms with E-state index in [1.807, 2.05) is 0 Å². The molecule has 0 amide bonds. The van der Waals surface area contributed by atoms with Crippen LogP contribution in [0.25, 0.3) is 0 Å². The van der Waals surface area contributed by atoms with Crippen molar-refractivity contribution in [1.29, 1.82) is 0 Å². The first-order chi connectivity index (χ1) is 9.52. The largest absolute Gasteiger partial charge is 0.381 e. The Balaban J connectivity index is 2.51. The normalized spacial score (nSPS) is 24.0. The molecular weight excluding hydrogens is 250 g/mol. The molecule has 1 fully saturated rings. The van der Waals surface area contributed by atoms with E-state index in [-0.39, 0.29) is 0 Å². The highest BCUT2D eigenvalue weighted by Gasteiger charge is 2.27. The smallest absolute Gasteiger partial charge is 0.0521 e. The summed E-state index contributed by atoms with van der Waals surface area (Å²) in [6.07, 6.45) is 1.15. The molecule has 0 aromatic heterocycles. The second kappa shape index (κ2) is 9.72. The quantitative estimate of drug-likeness (QED) is 0.695. The summed E-state index contributed by atoms with van der Waals surface area (Å²) >= 11 is 0. The predicted octanol–water partition coefficient (Wildman–Crippen LogP) is 1.52. The van der Waals surface area contributed by atoms with Gasteiger partial charge in [-0.2, -0.15) is 0 Å². The summed E-state index contributed by atoms with van der Waals surface area (Å²) in [6.45, 7) is 14.3. The molecule has 2 unspecified atom stereocenters. The van der Waals surface area contributed by atoms with Crippen LogP contribution in [-0.2, 0) is 4.74 Å². The number of likely N-dealkylation sites (N-methyl/N-ethyl adjacent to an activating group) is 1. The predicted molar refractivity (Wildman–Crippen MR) is 86.2 cm³/mol. The van der Waals surface area contributed by atoms with Crippen molar-refractivity contribution in [2.75, 3.05) is 60.0 Å². The number of nitrogens with zero attached hydrogens (tertiary/aromatic N) is 2. The van der Waals surface area contributed by atoms with Gasteiger partial charge in [0.1, 0.15) is 0 Å². The van der Waals surface area contributed by atoms with Crippen LogP contribution in [-0.4, -0.2) is 75.9 Å². The van der Waals surface area contributed by atoms with Gasteiger partial charge >= 0.3 is 0 Å². The van der Waals surface area contributed by atoms with E-state index in [0.29, 0.717) is 12.0 Å². The van der Waals surface area contributed by atoms with Crippen molar-refractivity contribution in [1.82, 2.24) is 15.1 Å². The molecule has 0 spiro atoms. The maximum absolute atomic E-state index is 5.71. The van der Waals surface area contributed by atoms with E-state index in [1.54, 1.807) is 0 Å². The molecular formula is C16H35N3O. The molecule has 2 atom stereocenters. The number of hydrogen-bond acceptors (Lipinski definition) is 4. The van der Waals surface area contributed by atoms with E-state index >= 15 is 0 Å². The Morgan fingerprint density at radius 3 is 2.60 bits per heavy atom. The fraction of sp³-hybridized carbons (Fsp3) is 1.00. The molecule has 0 bridgehead atoms. The topological polar surface area (TPSA) is 27.7 Å². The van der Waals surface area contributed by atoms with E-state index in [9.17, 15) is 0 Å². The van der Waals surface area contributed by atoms with Crippen molar-refractivity contribution in [3.05, 3.63) is 0 Å². The lowest BCUT2D eigenvalue weighted by molar-refractivity contribution is 0.0147. The third-order valence-electron chi connectivity index (χ3n) is 3.92. The molecule has 1 aliphatic rings. The monoisotopic (exact) mass is 285 g/mol. The molecule has 1 rings (SSSR count). The van der Waals surface area contributed by atoms with Crippen LogP contribution in [0.3, 0.4) is 0 Å². The molecule has 1 N–H and O–H groups in total. The van der Waals surface area contributed by atoms with Crippen molar-refractivity contribution in [2.24, 2.45) is 11.8 Å². The standard InChI is InChI=1S/C16H35N3O/c1-6-17-16-7-10-20-13-15(16)12-19(11-14(2)3)9-8-18(4)5/h14-17H,6-13H2,1-5H3. The van der Waals surface area contributed by atoms with Crippen LogP contribution in [0.5, 0.6) is 0 Å². The lowest BCUT2D eigenvalue weighted by atomic mass is 9.94. The summed E-state index contributed by atoms with van der Waals surface area (Å²) in [7, 11) is 4.30. The second-order valence-electron chi connectivity index (χ2n) is 6.74. The van der Waals surface area contributed by atoms with Crippen LogP contribution in [0.4, 0.5) is 0 Å². The van der Waals surface area contributed by atoms with E-state index in [0.717, 1.165) is 51.7 Å². The Labute approximate surface area is 125 Å². The first-order valence-electron chi connectivity index (χ1n) is 8.21. The molecule has 1 heterocycles. The molecule has 120 valence electrons. The molecule has 0 aromatic carbocycles. The van der Waals surface area contributed by atoms with Gasteiger partial charge in [-0.15, -0.1) is 0 Å². The maximum Gasteiger partial charge on any atom is 0.0521 e. The minimum absolute atomic E-state index is 0.628. The zero-order valence-electron chi connectivity index (χ0n) is 14.2. The van der Waals surface area contributed by atoms with Crippen LogP contribution >= 0.6 is 0 Å². The molecule has 4 nitrogen and oxygen atoms in total. The first-order valence-corrected chi connectivity index (χ1v) is 8.21. The average Bonchev–Trinajstić information content (AvgIpc) is 2.38. The number of hydrogen-bond donors (Lipinski definition) is 1. The van der Waals surface area contributed by atoms with Crippen molar-refractivity contribution in [3.8, 4) is 0 Å². The van der Waals surface area contributed by atoms with Crippen molar-refractivity contribution in [2.45, 2.75) is 33.2 Å². The molecule has 20 heavy (non-hydrogen) atoms. The zero-order chi connectivity index (χ0) is 15.0. The van der Waals surface area contributed by atoms with E-state index in [1.165, 1.54) is 6.54 Å². The van der Waals surface area contributed by atoms with Crippen LogP contribution in [0, 0.1) is 11.8 Å².